The Balaban J connectivity index is 1.40. The second-order valence-corrected chi connectivity index (χ2v) is 9.01. The number of nitrogens with one attached hydrogen (secondary N) is 1. The van der Waals surface area contributed by atoms with Crippen LogP contribution >= 0.6 is 11.3 Å². The number of rotatable bonds is 8. The highest BCUT2D eigenvalue weighted by Gasteiger charge is 2.19. The van der Waals surface area contributed by atoms with Gasteiger partial charge in [-0.2, -0.15) is 0 Å². The Morgan fingerprint density at radius 3 is 2.39 bits per heavy atom. The van der Waals surface area contributed by atoms with Crippen LogP contribution in [0.4, 0.5) is 28.8 Å². The van der Waals surface area contributed by atoms with Crippen molar-refractivity contribution in [3.63, 3.8) is 0 Å². The van der Waals surface area contributed by atoms with E-state index in [0.717, 1.165) is 59.4 Å². The van der Waals surface area contributed by atoms with E-state index in [0.29, 0.717) is 23.2 Å². The monoisotopic (exact) mass is 508 g/mol. The first-order valence-corrected chi connectivity index (χ1v) is 12.3. The molecule has 4 aromatic rings. The van der Waals surface area contributed by atoms with Gasteiger partial charge in [-0.3, -0.25) is 0 Å². The predicted molar refractivity (Wildman–Crippen MR) is 142 cm³/mol. The van der Waals surface area contributed by atoms with Crippen LogP contribution in [0, 0.1) is 0 Å². The minimum atomic E-state index is 0.501. The Kier molecular flexibility index (Phi) is 6.92. The number of ether oxygens (including phenoxy) is 4. The lowest BCUT2D eigenvalue weighted by Crippen LogP contribution is -2.36. The van der Waals surface area contributed by atoms with Crippen LogP contribution < -0.4 is 29.3 Å². The van der Waals surface area contributed by atoms with Crippen molar-refractivity contribution in [2.75, 3.05) is 69.8 Å². The van der Waals surface area contributed by atoms with E-state index in [9.17, 15) is 0 Å². The zero-order chi connectivity index (χ0) is 25.1. The van der Waals surface area contributed by atoms with E-state index in [1.54, 1.807) is 38.9 Å². The Hall–Kier alpha value is -3.83. The highest BCUT2D eigenvalue weighted by atomic mass is 32.1. The number of aromatic nitrogens is 3. The summed E-state index contributed by atoms with van der Waals surface area (Å²) in [7, 11) is 6.78. The summed E-state index contributed by atoms with van der Waals surface area (Å²) in [6, 6.07) is 7.81. The molecule has 1 saturated heterocycles. The molecule has 0 atom stereocenters. The smallest absolute Gasteiger partial charge is 0.227 e. The van der Waals surface area contributed by atoms with E-state index in [4.69, 9.17) is 23.9 Å². The maximum absolute atomic E-state index is 5.53. The van der Waals surface area contributed by atoms with Crippen LogP contribution in [0.15, 0.2) is 42.0 Å². The Labute approximate surface area is 213 Å². The molecule has 1 aliphatic heterocycles. The van der Waals surface area contributed by atoms with Crippen molar-refractivity contribution in [1.29, 1.82) is 0 Å². The van der Waals surface area contributed by atoms with Gasteiger partial charge in [-0.05, 0) is 12.1 Å². The Morgan fingerprint density at radius 2 is 1.75 bits per heavy atom. The number of hydrogen-bond donors (Lipinski definition) is 1. The molecule has 0 unspecified atom stereocenters. The molecule has 0 amide bonds. The van der Waals surface area contributed by atoms with E-state index < -0.39 is 0 Å². The number of nitrogens with zero attached hydrogens (tertiary/aromatic N) is 5. The first-order valence-electron chi connectivity index (χ1n) is 11.4. The SMILES string of the molecule is COc1cc(N(C)c2csc3cnc(Nc4ccc(N5CCOCC5)nc4)nc23)cc(OC)c1OC. The fraction of sp³-hybridized carbons (Fsp3) is 0.320. The third kappa shape index (κ3) is 4.67. The second kappa shape index (κ2) is 10.4. The summed E-state index contributed by atoms with van der Waals surface area (Å²) in [6.45, 7) is 3.14. The van der Waals surface area contributed by atoms with Crippen molar-refractivity contribution < 1.29 is 18.9 Å². The molecular formula is C25H28N6O4S. The van der Waals surface area contributed by atoms with Gasteiger partial charge in [-0.15, -0.1) is 11.3 Å². The Morgan fingerprint density at radius 1 is 1.00 bits per heavy atom. The van der Waals surface area contributed by atoms with Gasteiger partial charge in [0.1, 0.15) is 11.3 Å². The molecule has 5 rings (SSSR count). The van der Waals surface area contributed by atoms with Gasteiger partial charge in [0, 0.05) is 43.3 Å². The third-order valence-corrected chi connectivity index (χ3v) is 6.93. The van der Waals surface area contributed by atoms with Crippen molar-refractivity contribution in [3.05, 3.63) is 42.0 Å². The maximum atomic E-state index is 5.53. The van der Waals surface area contributed by atoms with E-state index in [1.807, 2.05) is 42.4 Å². The van der Waals surface area contributed by atoms with Crippen molar-refractivity contribution in [1.82, 2.24) is 15.0 Å². The molecule has 0 radical (unpaired) electrons. The largest absolute Gasteiger partial charge is 0.493 e. The molecule has 10 nitrogen and oxygen atoms in total. The minimum Gasteiger partial charge on any atom is -0.493 e. The molecule has 3 aromatic heterocycles. The number of morpholine rings is 1. The molecular weight excluding hydrogens is 480 g/mol. The number of pyridine rings is 1. The number of methoxy groups -OCH3 is 3. The molecule has 11 heteroatoms. The molecule has 0 bridgehead atoms. The number of fused-ring (bicyclic) bond motifs is 1. The molecule has 1 N–H and O–H groups in total. The molecule has 188 valence electrons. The predicted octanol–water partition coefficient (Wildman–Crippen LogP) is 4.46. The lowest BCUT2D eigenvalue weighted by Gasteiger charge is -2.27. The molecule has 0 saturated carbocycles. The van der Waals surface area contributed by atoms with Crippen LogP contribution in [-0.4, -0.2) is 69.6 Å². The molecule has 36 heavy (non-hydrogen) atoms. The van der Waals surface area contributed by atoms with Gasteiger partial charge in [-0.1, -0.05) is 0 Å². The van der Waals surface area contributed by atoms with Gasteiger partial charge in [0.25, 0.3) is 0 Å². The van der Waals surface area contributed by atoms with Crippen LogP contribution in [0.5, 0.6) is 17.2 Å². The summed E-state index contributed by atoms with van der Waals surface area (Å²) >= 11 is 1.59. The van der Waals surface area contributed by atoms with Crippen LogP contribution in [0.1, 0.15) is 0 Å². The Bertz CT molecular complexity index is 1320. The fourth-order valence-electron chi connectivity index (χ4n) is 4.08. The zero-order valence-corrected chi connectivity index (χ0v) is 21.5. The highest BCUT2D eigenvalue weighted by Crippen LogP contribution is 2.43. The maximum Gasteiger partial charge on any atom is 0.227 e. The summed E-state index contributed by atoms with van der Waals surface area (Å²) in [4.78, 5) is 18.2. The van der Waals surface area contributed by atoms with E-state index in [2.05, 4.69) is 25.6 Å². The van der Waals surface area contributed by atoms with E-state index in [-0.39, 0.29) is 0 Å². The molecule has 1 fully saturated rings. The van der Waals surface area contributed by atoms with Gasteiger partial charge in [-0.25, -0.2) is 15.0 Å². The van der Waals surface area contributed by atoms with E-state index >= 15 is 0 Å². The van der Waals surface area contributed by atoms with Gasteiger partial charge >= 0.3 is 0 Å². The molecule has 1 aromatic carbocycles. The lowest BCUT2D eigenvalue weighted by atomic mass is 10.2. The van der Waals surface area contributed by atoms with Gasteiger partial charge < -0.3 is 34.1 Å². The summed E-state index contributed by atoms with van der Waals surface area (Å²) < 4.78 is 22.9. The first-order chi connectivity index (χ1) is 17.6. The molecule has 0 aliphatic carbocycles. The average Bonchev–Trinajstić information content (AvgIpc) is 3.36. The van der Waals surface area contributed by atoms with E-state index in [1.165, 1.54) is 0 Å². The van der Waals surface area contributed by atoms with Crippen molar-refractivity contribution >= 4 is 50.4 Å². The second-order valence-electron chi connectivity index (χ2n) is 8.10. The lowest BCUT2D eigenvalue weighted by molar-refractivity contribution is 0.122. The number of hydrogen-bond acceptors (Lipinski definition) is 11. The first kappa shape index (κ1) is 23.9. The summed E-state index contributed by atoms with van der Waals surface area (Å²) in [6.07, 6.45) is 3.63. The highest BCUT2D eigenvalue weighted by molar-refractivity contribution is 7.17. The molecule has 4 heterocycles. The number of thiophene rings is 1. The topological polar surface area (TPSA) is 94.1 Å². The summed E-state index contributed by atoms with van der Waals surface area (Å²) in [5, 5.41) is 5.34. The average molecular weight is 509 g/mol. The van der Waals surface area contributed by atoms with Gasteiger partial charge in [0.15, 0.2) is 11.5 Å². The fourth-order valence-corrected chi connectivity index (χ4v) is 4.97. The summed E-state index contributed by atoms with van der Waals surface area (Å²) in [5.41, 5.74) is 3.48. The van der Waals surface area contributed by atoms with Crippen LogP contribution in [0.3, 0.4) is 0 Å². The molecule has 0 spiro atoms. The minimum absolute atomic E-state index is 0.501. The van der Waals surface area contributed by atoms with Gasteiger partial charge in [0.2, 0.25) is 11.7 Å². The quantitative estimate of drug-likeness (QED) is 0.368. The standard InChI is InChI=1S/C25H28N6O4S/c1-30(17-11-19(32-2)24(34-4)20(12-17)33-3)18-15-36-21-14-27-25(29-23(18)21)28-16-5-6-22(26-13-16)31-7-9-35-10-8-31/h5-6,11-15H,7-10H2,1-4H3,(H,27,28,29). The summed E-state index contributed by atoms with van der Waals surface area (Å²) in [5.74, 6) is 3.16. The van der Waals surface area contributed by atoms with Crippen molar-refractivity contribution in [3.8, 4) is 17.2 Å². The third-order valence-electron chi connectivity index (χ3n) is 6.03. The van der Waals surface area contributed by atoms with Crippen molar-refractivity contribution in [2.24, 2.45) is 0 Å². The number of benzene rings is 1. The number of anilines is 5. The zero-order valence-electron chi connectivity index (χ0n) is 20.6. The normalized spacial score (nSPS) is 13.5. The van der Waals surface area contributed by atoms with Gasteiger partial charge in [0.05, 0.1) is 63.0 Å². The molecule has 1 aliphatic rings. The van der Waals surface area contributed by atoms with Crippen molar-refractivity contribution in [2.45, 2.75) is 0 Å². The van der Waals surface area contributed by atoms with Crippen LogP contribution in [0.25, 0.3) is 10.2 Å². The van der Waals surface area contributed by atoms with Crippen LogP contribution in [0.2, 0.25) is 0 Å². The van der Waals surface area contributed by atoms with Crippen LogP contribution in [-0.2, 0) is 4.74 Å².